The van der Waals surface area contributed by atoms with Crippen molar-refractivity contribution in [2.24, 2.45) is 0 Å². The summed E-state index contributed by atoms with van der Waals surface area (Å²) in [6.07, 6.45) is -7.28. The highest BCUT2D eigenvalue weighted by Gasteiger charge is 2.37. The Morgan fingerprint density at radius 3 is 2.50 bits per heavy atom. The van der Waals surface area contributed by atoms with E-state index in [1.54, 1.807) is 6.07 Å². The Hall–Kier alpha value is -2.82. The van der Waals surface area contributed by atoms with Gasteiger partial charge in [0, 0.05) is 6.42 Å². The van der Waals surface area contributed by atoms with Crippen molar-refractivity contribution in [2.45, 2.75) is 38.3 Å². The third-order valence-electron chi connectivity index (χ3n) is 4.77. The lowest BCUT2D eigenvalue weighted by molar-refractivity contribution is 0.0895. The van der Waals surface area contributed by atoms with Crippen LogP contribution in [0.25, 0.3) is 0 Å². The molecular formula is C20H13F6NO. The van der Waals surface area contributed by atoms with Crippen molar-refractivity contribution in [1.82, 2.24) is 0 Å². The molecule has 0 bridgehead atoms. The largest absolute Gasteiger partial charge is 0.291 e. The van der Waals surface area contributed by atoms with Crippen LogP contribution in [0.3, 0.4) is 0 Å². The average molecular weight is 397 g/mol. The Bertz CT molecular complexity index is 1010. The molecule has 0 amide bonds. The van der Waals surface area contributed by atoms with Gasteiger partial charge in [0.2, 0.25) is 5.78 Å². The van der Waals surface area contributed by atoms with E-state index < -0.39 is 65.7 Å². The number of nitrogens with zero attached hydrogens (tertiary/aromatic N) is 1. The number of carbonyl (C=O) groups is 1. The number of halogens is 6. The molecule has 0 fully saturated rings. The van der Waals surface area contributed by atoms with E-state index in [1.165, 1.54) is 0 Å². The number of hydrogen-bond acceptors (Lipinski definition) is 2. The Balaban J connectivity index is 2.20. The minimum atomic E-state index is -2.27. The predicted octanol–water partition coefficient (Wildman–Crippen LogP) is 5.01. The Morgan fingerprint density at radius 2 is 1.89 bits per heavy atom. The van der Waals surface area contributed by atoms with Crippen molar-refractivity contribution in [3.8, 4) is 6.07 Å². The van der Waals surface area contributed by atoms with Gasteiger partial charge in [-0.25, -0.2) is 26.3 Å². The maximum absolute atomic E-state index is 14.4. The summed E-state index contributed by atoms with van der Waals surface area (Å²) < 4.78 is 83.4. The van der Waals surface area contributed by atoms with Crippen molar-refractivity contribution in [2.75, 3.05) is 0 Å². The van der Waals surface area contributed by atoms with Gasteiger partial charge in [-0.2, -0.15) is 5.26 Å². The molecule has 0 heterocycles. The van der Waals surface area contributed by atoms with Gasteiger partial charge >= 0.3 is 0 Å². The third-order valence-corrected chi connectivity index (χ3v) is 4.77. The fraction of sp³-hybridized carbons (Fsp3) is 0.300. The standard InChI is InChI=1S/C20H13F6NO/c1-8(21)18(25)14-5-11(22)2-10(7-27)12(14)3-9-4-15(23)19(26)17-13(9)6-16(24)20(17)28/h2,4-5,8,16,18H,3,6H2,1H3. The van der Waals surface area contributed by atoms with Crippen LogP contribution in [-0.2, 0) is 12.8 Å². The number of carbonyl (C=O) groups excluding carboxylic acids is 1. The van der Waals surface area contributed by atoms with Crippen LogP contribution in [0.15, 0.2) is 18.2 Å². The first-order valence-corrected chi connectivity index (χ1v) is 8.34. The SMILES string of the molecule is CC(F)C(F)c1cc(F)cc(C#N)c1Cc1cc(F)c(F)c2c1CC(F)C2=O. The van der Waals surface area contributed by atoms with E-state index in [2.05, 4.69) is 0 Å². The first-order chi connectivity index (χ1) is 13.1. The molecule has 146 valence electrons. The van der Waals surface area contributed by atoms with Crippen LogP contribution in [0.5, 0.6) is 0 Å². The van der Waals surface area contributed by atoms with Gasteiger partial charge in [0.15, 0.2) is 24.0 Å². The quantitative estimate of drug-likeness (QED) is 0.681. The highest BCUT2D eigenvalue weighted by Crippen LogP contribution is 2.36. The molecule has 2 aromatic rings. The predicted molar refractivity (Wildman–Crippen MR) is 87.6 cm³/mol. The first kappa shape index (κ1) is 19.9. The molecule has 1 aliphatic rings. The van der Waals surface area contributed by atoms with Crippen LogP contribution in [-0.4, -0.2) is 18.1 Å². The van der Waals surface area contributed by atoms with Gasteiger partial charge in [-0.3, -0.25) is 4.79 Å². The topological polar surface area (TPSA) is 40.9 Å². The number of Topliss-reactive ketones (excluding diaryl/α,β-unsaturated/α-hetero) is 1. The summed E-state index contributed by atoms with van der Waals surface area (Å²) in [5.41, 5.74) is -1.78. The Labute approximate surface area is 156 Å². The van der Waals surface area contributed by atoms with Gasteiger partial charge in [0.05, 0.1) is 17.2 Å². The van der Waals surface area contributed by atoms with E-state index in [-0.39, 0.29) is 22.3 Å². The minimum Gasteiger partial charge on any atom is -0.291 e. The molecule has 0 aliphatic heterocycles. The summed E-state index contributed by atoms with van der Waals surface area (Å²) in [4.78, 5) is 11.8. The molecule has 3 unspecified atom stereocenters. The molecule has 2 aromatic carbocycles. The zero-order chi connectivity index (χ0) is 20.7. The molecule has 3 rings (SSSR count). The number of ketones is 1. The van der Waals surface area contributed by atoms with Gasteiger partial charge in [-0.15, -0.1) is 0 Å². The van der Waals surface area contributed by atoms with Crippen molar-refractivity contribution in [3.63, 3.8) is 0 Å². The van der Waals surface area contributed by atoms with Crippen molar-refractivity contribution in [1.29, 1.82) is 5.26 Å². The van der Waals surface area contributed by atoms with Gasteiger partial charge in [0.1, 0.15) is 12.0 Å². The van der Waals surface area contributed by atoms with Crippen LogP contribution in [0.1, 0.15) is 51.3 Å². The van der Waals surface area contributed by atoms with Crippen molar-refractivity contribution < 1.29 is 31.1 Å². The van der Waals surface area contributed by atoms with Gasteiger partial charge in [0.25, 0.3) is 0 Å². The smallest absolute Gasteiger partial charge is 0.200 e. The van der Waals surface area contributed by atoms with Crippen LogP contribution < -0.4 is 0 Å². The van der Waals surface area contributed by atoms with E-state index >= 15 is 0 Å². The first-order valence-electron chi connectivity index (χ1n) is 8.34. The lowest BCUT2D eigenvalue weighted by atomic mass is 9.89. The maximum Gasteiger partial charge on any atom is 0.200 e. The normalized spacial score (nSPS) is 17.9. The second-order valence-corrected chi connectivity index (χ2v) is 6.61. The number of alkyl halides is 3. The van der Waals surface area contributed by atoms with Crippen molar-refractivity contribution in [3.05, 3.63) is 69.0 Å². The molecule has 0 aromatic heterocycles. The molecule has 8 heteroatoms. The molecule has 2 nitrogen and oxygen atoms in total. The van der Waals surface area contributed by atoms with Crippen LogP contribution >= 0.6 is 0 Å². The van der Waals surface area contributed by atoms with E-state index in [1.807, 2.05) is 0 Å². The van der Waals surface area contributed by atoms with Crippen molar-refractivity contribution >= 4 is 5.78 Å². The fourth-order valence-corrected chi connectivity index (χ4v) is 3.43. The second-order valence-electron chi connectivity index (χ2n) is 6.61. The number of benzene rings is 2. The van der Waals surface area contributed by atoms with E-state index in [4.69, 9.17) is 0 Å². The molecule has 28 heavy (non-hydrogen) atoms. The molecule has 3 atom stereocenters. The molecule has 0 radical (unpaired) electrons. The lowest BCUT2D eigenvalue weighted by Crippen LogP contribution is -2.12. The number of nitriles is 1. The summed E-state index contributed by atoms with van der Waals surface area (Å²) in [5.74, 6) is -5.06. The summed E-state index contributed by atoms with van der Waals surface area (Å²) in [5, 5.41) is 9.26. The average Bonchev–Trinajstić information content (AvgIpc) is 2.94. The zero-order valence-electron chi connectivity index (χ0n) is 14.5. The molecule has 0 saturated carbocycles. The molecule has 0 saturated heterocycles. The molecule has 0 spiro atoms. The minimum absolute atomic E-state index is 0.0505. The monoisotopic (exact) mass is 397 g/mol. The Morgan fingerprint density at radius 1 is 1.21 bits per heavy atom. The highest BCUT2D eigenvalue weighted by atomic mass is 19.2. The Kier molecular flexibility index (Phi) is 5.20. The molecule has 0 N–H and O–H groups in total. The van der Waals surface area contributed by atoms with E-state index in [9.17, 15) is 36.4 Å². The van der Waals surface area contributed by atoms with E-state index in [0.29, 0.717) is 0 Å². The number of fused-ring (bicyclic) bond motifs is 1. The van der Waals surface area contributed by atoms with Crippen LogP contribution in [0, 0.1) is 28.8 Å². The summed E-state index contributed by atoms with van der Waals surface area (Å²) >= 11 is 0. The maximum atomic E-state index is 14.4. The number of rotatable bonds is 4. The van der Waals surface area contributed by atoms with Crippen LogP contribution in [0.4, 0.5) is 26.3 Å². The molecular weight excluding hydrogens is 384 g/mol. The summed E-state index contributed by atoms with van der Waals surface area (Å²) in [6, 6.07) is 3.91. The van der Waals surface area contributed by atoms with Gasteiger partial charge in [-0.1, -0.05) is 0 Å². The van der Waals surface area contributed by atoms with Gasteiger partial charge < -0.3 is 0 Å². The summed E-state index contributed by atoms with van der Waals surface area (Å²) in [7, 11) is 0. The van der Waals surface area contributed by atoms with E-state index in [0.717, 1.165) is 25.1 Å². The highest BCUT2D eigenvalue weighted by molar-refractivity contribution is 6.04. The van der Waals surface area contributed by atoms with Crippen LogP contribution in [0.2, 0.25) is 0 Å². The zero-order valence-corrected chi connectivity index (χ0v) is 14.5. The lowest BCUT2D eigenvalue weighted by Gasteiger charge is -2.18. The third kappa shape index (κ3) is 3.26. The van der Waals surface area contributed by atoms with Gasteiger partial charge in [-0.05, 0) is 53.8 Å². The number of hydrogen-bond donors (Lipinski definition) is 0. The second kappa shape index (κ2) is 7.30. The summed E-state index contributed by atoms with van der Waals surface area (Å²) in [6.45, 7) is 0.910. The molecule has 1 aliphatic carbocycles. The fourth-order valence-electron chi connectivity index (χ4n) is 3.43.